The maximum atomic E-state index is 12.1. The van der Waals surface area contributed by atoms with Crippen LogP contribution in [-0.2, 0) is 4.79 Å². The molecular weight excluding hydrogens is 284 g/mol. The molecule has 0 aliphatic rings. The molecule has 1 aromatic carbocycles. The standard InChI is InChI=1S/C16H24N2O4/c1-5-18(4)15(19)11-17-16(20)12-8-9-13(21-6-2)14(10-12)22-7-3/h8-10H,5-7,11H2,1-4H3,(H,17,20). The van der Waals surface area contributed by atoms with Crippen LogP contribution in [0.5, 0.6) is 11.5 Å². The SMILES string of the molecule is CCOc1ccc(C(=O)NCC(=O)N(C)CC)cc1OCC. The molecule has 122 valence electrons. The lowest BCUT2D eigenvalue weighted by Gasteiger charge is -2.15. The molecule has 0 aliphatic heterocycles. The highest BCUT2D eigenvalue weighted by molar-refractivity contribution is 5.97. The Morgan fingerprint density at radius 1 is 1.09 bits per heavy atom. The van der Waals surface area contributed by atoms with Gasteiger partial charge in [-0.1, -0.05) is 0 Å². The normalized spacial score (nSPS) is 10.0. The average Bonchev–Trinajstić information content (AvgIpc) is 2.53. The summed E-state index contributed by atoms with van der Waals surface area (Å²) in [4.78, 5) is 25.3. The fourth-order valence-corrected chi connectivity index (χ4v) is 1.76. The van der Waals surface area contributed by atoms with Crippen molar-refractivity contribution in [3.05, 3.63) is 23.8 Å². The predicted octanol–water partition coefficient (Wildman–Crippen LogP) is 1.69. The highest BCUT2D eigenvalue weighted by Gasteiger charge is 2.13. The molecule has 0 saturated heterocycles. The number of carbonyl (C=O) groups is 2. The highest BCUT2D eigenvalue weighted by atomic mass is 16.5. The van der Waals surface area contributed by atoms with E-state index in [1.807, 2.05) is 20.8 Å². The molecule has 6 nitrogen and oxygen atoms in total. The minimum Gasteiger partial charge on any atom is -0.490 e. The lowest BCUT2D eigenvalue weighted by atomic mass is 10.2. The van der Waals surface area contributed by atoms with E-state index in [2.05, 4.69) is 5.32 Å². The van der Waals surface area contributed by atoms with Crippen LogP contribution in [0.25, 0.3) is 0 Å². The maximum absolute atomic E-state index is 12.1. The van der Waals surface area contributed by atoms with Crippen molar-refractivity contribution in [3.63, 3.8) is 0 Å². The van der Waals surface area contributed by atoms with Crippen LogP contribution in [0.2, 0.25) is 0 Å². The molecule has 0 aliphatic carbocycles. The van der Waals surface area contributed by atoms with Gasteiger partial charge in [-0.05, 0) is 39.0 Å². The van der Waals surface area contributed by atoms with Crippen molar-refractivity contribution in [2.24, 2.45) is 0 Å². The summed E-state index contributed by atoms with van der Waals surface area (Å²) in [5.41, 5.74) is 0.429. The number of hydrogen-bond acceptors (Lipinski definition) is 4. The smallest absolute Gasteiger partial charge is 0.251 e. The van der Waals surface area contributed by atoms with E-state index >= 15 is 0 Å². The molecule has 1 rings (SSSR count). The van der Waals surface area contributed by atoms with Crippen LogP contribution >= 0.6 is 0 Å². The highest BCUT2D eigenvalue weighted by Crippen LogP contribution is 2.28. The number of benzene rings is 1. The summed E-state index contributed by atoms with van der Waals surface area (Å²) < 4.78 is 10.9. The van der Waals surface area contributed by atoms with E-state index in [9.17, 15) is 9.59 Å². The van der Waals surface area contributed by atoms with Gasteiger partial charge < -0.3 is 19.7 Å². The Bertz CT molecular complexity index is 517. The summed E-state index contributed by atoms with van der Waals surface area (Å²) in [7, 11) is 1.69. The number of amides is 2. The quantitative estimate of drug-likeness (QED) is 0.793. The molecule has 0 saturated carbocycles. The van der Waals surface area contributed by atoms with Gasteiger partial charge in [-0.15, -0.1) is 0 Å². The molecule has 6 heteroatoms. The van der Waals surface area contributed by atoms with Crippen LogP contribution in [0.1, 0.15) is 31.1 Å². The van der Waals surface area contributed by atoms with E-state index in [1.54, 1.807) is 30.1 Å². The number of likely N-dealkylation sites (N-methyl/N-ethyl adjacent to an activating group) is 1. The Morgan fingerprint density at radius 3 is 2.32 bits per heavy atom. The Morgan fingerprint density at radius 2 is 1.73 bits per heavy atom. The Hall–Kier alpha value is -2.24. The van der Waals surface area contributed by atoms with Gasteiger partial charge in [-0.3, -0.25) is 9.59 Å². The number of nitrogens with one attached hydrogen (secondary N) is 1. The number of rotatable bonds is 8. The average molecular weight is 308 g/mol. The minimum absolute atomic E-state index is 0.0274. The van der Waals surface area contributed by atoms with Gasteiger partial charge in [-0.25, -0.2) is 0 Å². The second kappa shape index (κ2) is 8.92. The Labute approximate surface area is 131 Å². The van der Waals surface area contributed by atoms with Gasteiger partial charge in [0.1, 0.15) is 0 Å². The largest absolute Gasteiger partial charge is 0.490 e. The van der Waals surface area contributed by atoms with E-state index in [1.165, 1.54) is 0 Å². The first-order chi connectivity index (χ1) is 10.5. The molecule has 0 radical (unpaired) electrons. The number of hydrogen-bond donors (Lipinski definition) is 1. The van der Waals surface area contributed by atoms with Crippen molar-refractivity contribution in [2.75, 3.05) is 33.4 Å². The van der Waals surface area contributed by atoms with E-state index in [0.29, 0.717) is 36.8 Å². The number of nitrogens with zero attached hydrogens (tertiary/aromatic N) is 1. The van der Waals surface area contributed by atoms with Gasteiger partial charge >= 0.3 is 0 Å². The summed E-state index contributed by atoms with van der Waals surface area (Å²) >= 11 is 0. The van der Waals surface area contributed by atoms with Crippen LogP contribution in [-0.4, -0.2) is 50.1 Å². The van der Waals surface area contributed by atoms with Gasteiger partial charge in [0.25, 0.3) is 5.91 Å². The van der Waals surface area contributed by atoms with E-state index in [-0.39, 0.29) is 18.4 Å². The second-order valence-corrected chi connectivity index (χ2v) is 4.62. The zero-order valence-corrected chi connectivity index (χ0v) is 13.6. The molecule has 0 fully saturated rings. The zero-order chi connectivity index (χ0) is 16.5. The molecule has 0 spiro atoms. The van der Waals surface area contributed by atoms with Gasteiger partial charge in [-0.2, -0.15) is 0 Å². The Kier molecular flexibility index (Phi) is 7.22. The van der Waals surface area contributed by atoms with Crippen LogP contribution in [0, 0.1) is 0 Å². The third-order valence-corrected chi connectivity index (χ3v) is 3.11. The van der Waals surface area contributed by atoms with Crippen LogP contribution < -0.4 is 14.8 Å². The molecule has 0 aromatic heterocycles. The van der Waals surface area contributed by atoms with E-state index in [0.717, 1.165) is 0 Å². The molecular formula is C16H24N2O4. The summed E-state index contributed by atoms with van der Waals surface area (Å²) in [6.07, 6.45) is 0. The van der Waals surface area contributed by atoms with Crippen molar-refractivity contribution in [2.45, 2.75) is 20.8 Å². The lowest BCUT2D eigenvalue weighted by molar-refractivity contribution is -0.128. The third kappa shape index (κ3) is 4.95. The van der Waals surface area contributed by atoms with Gasteiger partial charge in [0, 0.05) is 19.2 Å². The molecule has 0 bridgehead atoms. The second-order valence-electron chi connectivity index (χ2n) is 4.62. The van der Waals surface area contributed by atoms with Crippen molar-refractivity contribution in [1.82, 2.24) is 10.2 Å². The summed E-state index contributed by atoms with van der Waals surface area (Å²) in [5.74, 6) is 0.672. The third-order valence-electron chi connectivity index (χ3n) is 3.11. The van der Waals surface area contributed by atoms with Crippen LogP contribution in [0.3, 0.4) is 0 Å². The van der Waals surface area contributed by atoms with Gasteiger partial charge in [0.05, 0.1) is 19.8 Å². The summed E-state index contributed by atoms with van der Waals surface area (Å²) in [6, 6.07) is 4.97. The van der Waals surface area contributed by atoms with Crippen molar-refractivity contribution < 1.29 is 19.1 Å². The molecule has 0 unspecified atom stereocenters. The summed E-state index contributed by atoms with van der Waals surface area (Å²) in [6.45, 7) is 7.19. The number of carbonyl (C=O) groups excluding carboxylic acids is 2. The first-order valence-electron chi connectivity index (χ1n) is 7.45. The van der Waals surface area contributed by atoms with Crippen molar-refractivity contribution in [3.8, 4) is 11.5 Å². The van der Waals surface area contributed by atoms with E-state index < -0.39 is 0 Å². The molecule has 2 amide bonds. The number of ether oxygens (including phenoxy) is 2. The molecule has 1 aromatic rings. The molecule has 0 atom stereocenters. The van der Waals surface area contributed by atoms with Gasteiger partial charge in [0.2, 0.25) is 5.91 Å². The fraction of sp³-hybridized carbons (Fsp3) is 0.500. The van der Waals surface area contributed by atoms with Crippen molar-refractivity contribution >= 4 is 11.8 Å². The topological polar surface area (TPSA) is 67.9 Å². The monoisotopic (exact) mass is 308 g/mol. The fourth-order valence-electron chi connectivity index (χ4n) is 1.76. The zero-order valence-electron chi connectivity index (χ0n) is 13.6. The lowest BCUT2D eigenvalue weighted by Crippen LogP contribution is -2.37. The predicted molar refractivity (Wildman–Crippen MR) is 84.4 cm³/mol. The molecule has 0 heterocycles. The minimum atomic E-state index is -0.318. The van der Waals surface area contributed by atoms with Crippen LogP contribution in [0.15, 0.2) is 18.2 Å². The van der Waals surface area contributed by atoms with Gasteiger partial charge in [0.15, 0.2) is 11.5 Å². The first-order valence-corrected chi connectivity index (χ1v) is 7.45. The molecule has 22 heavy (non-hydrogen) atoms. The summed E-state index contributed by atoms with van der Waals surface area (Å²) in [5, 5.41) is 2.61. The molecule has 1 N–H and O–H groups in total. The first kappa shape index (κ1) is 17.8. The Balaban J connectivity index is 2.76. The maximum Gasteiger partial charge on any atom is 0.251 e. The van der Waals surface area contributed by atoms with Crippen LogP contribution in [0.4, 0.5) is 0 Å². The van der Waals surface area contributed by atoms with Crippen molar-refractivity contribution in [1.29, 1.82) is 0 Å². The van der Waals surface area contributed by atoms with E-state index in [4.69, 9.17) is 9.47 Å².